The van der Waals surface area contributed by atoms with Crippen molar-refractivity contribution < 1.29 is 4.79 Å². The van der Waals surface area contributed by atoms with Gasteiger partial charge in [-0.1, -0.05) is 37.3 Å². The number of primary amides is 1. The molecule has 1 aromatic carbocycles. The number of carbonyl (C=O) groups excluding carboxylic acids is 1. The fraction of sp³-hybridized carbons (Fsp3) is 0.588. The zero-order valence-corrected chi connectivity index (χ0v) is 13.1. The quantitative estimate of drug-likeness (QED) is 0.800. The van der Waals surface area contributed by atoms with Gasteiger partial charge in [0.05, 0.1) is 5.54 Å². The second-order valence-corrected chi connectivity index (χ2v) is 6.09. The van der Waals surface area contributed by atoms with E-state index in [4.69, 9.17) is 5.73 Å². The Morgan fingerprint density at radius 3 is 2.76 bits per heavy atom. The second-order valence-electron chi connectivity index (χ2n) is 6.09. The molecule has 1 saturated carbocycles. The molecule has 1 aromatic rings. The average molecular weight is 289 g/mol. The molecule has 0 spiro atoms. The maximum atomic E-state index is 11.8. The lowest BCUT2D eigenvalue weighted by molar-refractivity contribution is -0.124. The summed E-state index contributed by atoms with van der Waals surface area (Å²) in [5, 5.41) is 3.31. The summed E-state index contributed by atoms with van der Waals surface area (Å²) in [7, 11) is 2.15. The highest BCUT2D eigenvalue weighted by molar-refractivity contribution is 5.85. The van der Waals surface area contributed by atoms with Crippen molar-refractivity contribution in [3.8, 4) is 0 Å². The minimum atomic E-state index is -0.500. The van der Waals surface area contributed by atoms with E-state index in [1.807, 2.05) is 13.0 Å². The van der Waals surface area contributed by atoms with Crippen molar-refractivity contribution in [2.75, 3.05) is 20.1 Å². The molecule has 1 aliphatic carbocycles. The third-order valence-corrected chi connectivity index (χ3v) is 4.69. The summed E-state index contributed by atoms with van der Waals surface area (Å²) in [6, 6.07) is 11.0. The average Bonchev–Trinajstić information content (AvgIpc) is 2.92. The monoisotopic (exact) mass is 289 g/mol. The zero-order chi connectivity index (χ0) is 15.3. The Bertz CT molecular complexity index is 462. The van der Waals surface area contributed by atoms with E-state index in [1.54, 1.807) is 0 Å². The number of nitrogens with two attached hydrogens (primary N) is 1. The second kappa shape index (κ2) is 7.05. The third-order valence-electron chi connectivity index (χ3n) is 4.69. The molecule has 1 fully saturated rings. The number of hydrogen-bond acceptors (Lipinski definition) is 3. The highest BCUT2D eigenvalue weighted by Gasteiger charge is 2.44. The topological polar surface area (TPSA) is 58.4 Å². The Hall–Kier alpha value is -1.39. The molecule has 2 rings (SSSR count). The van der Waals surface area contributed by atoms with Crippen molar-refractivity contribution in [2.24, 2.45) is 5.73 Å². The number of hydrogen-bond donors (Lipinski definition) is 2. The van der Waals surface area contributed by atoms with Crippen molar-refractivity contribution in [3.05, 3.63) is 35.9 Å². The van der Waals surface area contributed by atoms with Gasteiger partial charge in [0.25, 0.3) is 0 Å². The molecule has 1 aliphatic rings. The molecule has 116 valence electrons. The molecule has 4 heteroatoms. The smallest absolute Gasteiger partial charge is 0.237 e. The molecule has 0 bridgehead atoms. The van der Waals surface area contributed by atoms with Crippen LogP contribution in [0.1, 0.15) is 31.7 Å². The zero-order valence-electron chi connectivity index (χ0n) is 13.1. The SMILES string of the molecule is CCNC1(C(N)=O)CCC(N(C)CCc2ccccc2)C1. The number of nitrogens with zero attached hydrogens (tertiary/aromatic N) is 1. The van der Waals surface area contributed by atoms with E-state index in [9.17, 15) is 4.79 Å². The highest BCUT2D eigenvalue weighted by Crippen LogP contribution is 2.32. The number of nitrogens with one attached hydrogen (secondary N) is 1. The molecule has 0 aromatic heterocycles. The van der Waals surface area contributed by atoms with E-state index in [-0.39, 0.29) is 5.91 Å². The van der Waals surface area contributed by atoms with Crippen molar-refractivity contribution in [1.29, 1.82) is 0 Å². The summed E-state index contributed by atoms with van der Waals surface area (Å²) in [4.78, 5) is 14.2. The molecule has 2 atom stereocenters. The van der Waals surface area contributed by atoms with Gasteiger partial charge in [-0.25, -0.2) is 0 Å². The van der Waals surface area contributed by atoms with Crippen molar-refractivity contribution >= 4 is 5.91 Å². The van der Waals surface area contributed by atoms with Crippen LogP contribution in [0, 0.1) is 0 Å². The first-order valence-corrected chi connectivity index (χ1v) is 7.86. The van der Waals surface area contributed by atoms with Crippen LogP contribution < -0.4 is 11.1 Å². The third kappa shape index (κ3) is 3.83. The molecular weight excluding hydrogens is 262 g/mol. The van der Waals surface area contributed by atoms with Crippen LogP contribution in [0.2, 0.25) is 0 Å². The van der Waals surface area contributed by atoms with Gasteiger partial charge in [-0.05, 0) is 44.8 Å². The lowest BCUT2D eigenvalue weighted by atomic mass is 9.96. The van der Waals surface area contributed by atoms with Gasteiger partial charge in [-0.2, -0.15) is 0 Å². The van der Waals surface area contributed by atoms with E-state index < -0.39 is 5.54 Å². The molecule has 0 heterocycles. The molecule has 21 heavy (non-hydrogen) atoms. The first-order valence-electron chi connectivity index (χ1n) is 7.86. The highest BCUT2D eigenvalue weighted by atomic mass is 16.1. The Balaban J connectivity index is 1.89. The van der Waals surface area contributed by atoms with Crippen LogP contribution in [0.4, 0.5) is 0 Å². The van der Waals surface area contributed by atoms with Crippen LogP contribution in [0.3, 0.4) is 0 Å². The van der Waals surface area contributed by atoms with Crippen molar-refractivity contribution in [3.63, 3.8) is 0 Å². The largest absolute Gasteiger partial charge is 0.368 e. The van der Waals surface area contributed by atoms with Gasteiger partial charge in [0.2, 0.25) is 5.91 Å². The van der Waals surface area contributed by atoms with Crippen molar-refractivity contribution in [1.82, 2.24) is 10.2 Å². The molecule has 1 amide bonds. The normalized spacial score (nSPS) is 25.4. The number of amides is 1. The van der Waals surface area contributed by atoms with Gasteiger partial charge < -0.3 is 16.0 Å². The summed E-state index contributed by atoms with van der Waals surface area (Å²) in [5.74, 6) is -0.205. The number of carbonyl (C=O) groups is 1. The van der Waals surface area contributed by atoms with Crippen LogP contribution >= 0.6 is 0 Å². The van der Waals surface area contributed by atoms with E-state index in [0.717, 1.165) is 38.8 Å². The first kappa shape index (κ1) is 16.0. The summed E-state index contributed by atoms with van der Waals surface area (Å²) < 4.78 is 0. The van der Waals surface area contributed by atoms with Gasteiger partial charge in [-0.15, -0.1) is 0 Å². The number of likely N-dealkylation sites (N-methyl/N-ethyl adjacent to an activating group) is 2. The molecule has 0 aliphatic heterocycles. The van der Waals surface area contributed by atoms with E-state index >= 15 is 0 Å². The predicted molar refractivity (Wildman–Crippen MR) is 86.0 cm³/mol. The van der Waals surface area contributed by atoms with Gasteiger partial charge in [0, 0.05) is 12.6 Å². The van der Waals surface area contributed by atoms with E-state index in [2.05, 4.69) is 41.5 Å². The lowest BCUT2D eigenvalue weighted by Gasteiger charge is -2.29. The van der Waals surface area contributed by atoms with Gasteiger partial charge in [-0.3, -0.25) is 4.79 Å². The predicted octanol–water partition coefficient (Wildman–Crippen LogP) is 1.55. The minimum absolute atomic E-state index is 0.205. The van der Waals surface area contributed by atoms with Gasteiger partial charge in [0.15, 0.2) is 0 Å². The van der Waals surface area contributed by atoms with E-state index in [0.29, 0.717) is 6.04 Å². The Labute approximate surface area is 127 Å². The number of benzene rings is 1. The van der Waals surface area contributed by atoms with E-state index in [1.165, 1.54) is 5.56 Å². The molecular formula is C17H27N3O. The lowest BCUT2D eigenvalue weighted by Crippen LogP contribution is -2.54. The summed E-state index contributed by atoms with van der Waals surface area (Å²) >= 11 is 0. The fourth-order valence-corrected chi connectivity index (χ4v) is 3.34. The van der Waals surface area contributed by atoms with Crippen LogP contribution in [-0.4, -0.2) is 42.5 Å². The minimum Gasteiger partial charge on any atom is -0.368 e. The first-order chi connectivity index (χ1) is 10.1. The van der Waals surface area contributed by atoms with Gasteiger partial charge in [0.1, 0.15) is 0 Å². The molecule has 2 unspecified atom stereocenters. The molecule has 0 saturated heterocycles. The summed E-state index contributed by atoms with van der Waals surface area (Å²) in [5.41, 5.74) is 6.48. The summed E-state index contributed by atoms with van der Waals surface area (Å²) in [6.07, 6.45) is 3.73. The maximum Gasteiger partial charge on any atom is 0.237 e. The van der Waals surface area contributed by atoms with Crippen molar-refractivity contribution in [2.45, 2.75) is 44.2 Å². The standard InChI is InChI=1S/C17H27N3O/c1-3-19-17(16(18)21)11-9-15(13-17)20(2)12-10-14-7-5-4-6-8-14/h4-8,15,19H,3,9-13H2,1-2H3,(H2,18,21). The number of rotatable bonds is 7. The molecule has 0 radical (unpaired) electrons. The Morgan fingerprint density at radius 1 is 1.43 bits per heavy atom. The van der Waals surface area contributed by atoms with Crippen LogP contribution in [0.5, 0.6) is 0 Å². The summed E-state index contributed by atoms with van der Waals surface area (Å²) in [6.45, 7) is 3.82. The fourth-order valence-electron chi connectivity index (χ4n) is 3.34. The van der Waals surface area contributed by atoms with Crippen LogP contribution in [-0.2, 0) is 11.2 Å². The van der Waals surface area contributed by atoms with Crippen LogP contribution in [0.15, 0.2) is 30.3 Å². The Morgan fingerprint density at radius 2 is 2.14 bits per heavy atom. The van der Waals surface area contributed by atoms with Gasteiger partial charge >= 0.3 is 0 Å². The maximum absolute atomic E-state index is 11.8. The Kier molecular flexibility index (Phi) is 5.37. The molecule has 4 nitrogen and oxygen atoms in total. The molecule has 3 N–H and O–H groups in total. The van der Waals surface area contributed by atoms with Crippen LogP contribution in [0.25, 0.3) is 0 Å².